The van der Waals surface area contributed by atoms with Crippen LogP contribution in [0.15, 0.2) is 42.7 Å². The van der Waals surface area contributed by atoms with Gasteiger partial charge in [0.05, 0.1) is 12.7 Å². The molecule has 1 heterocycles. The summed E-state index contributed by atoms with van der Waals surface area (Å²) in [5.41, 5.74) is 8.43. The third-order valence-corrected chi connectivity index (χ3v) is 3.03. The van der Waals surface area contributed by atoms with Gasteiger partial charge in [0.2, 0.25) is 0 Å². The number of methoxy groups -OCH3 is 1. The minimum absolute atomic E-state index is 0.0324. The lowest BCUT2D eigenvalue weighted by atomic mass is 10.1. The number of nitrogens with two attached hydrogens (primary N) is 1. The van der Waals surface area contributed by atoms with Crippen LogP contribution in [0.5, 0.6) is 0 Å². The van der Waals surface area contributed by atoms with Crippen molar-refractivity contribution in [2.45, 2.75) is 13.0 Å². The molecular weight excluding hydrogens is 254 g/mol. The van der Waals surface area contributed by atoms with E-state index in [1.165, 1.54) is 7.11 Å². The molecule has 2 rings (SSSR count). The van der Waals surface area contributed by atoms with Crippen LogP contribution in [0.4, 0.5) is 11.4 Å². The van der Waals surface area contributed by atoms with Gasteiger partial charge in [0.25, 0.3) is 0 Å². The van der Waals surface area contributed by atoms with E-state index in [1.54, 1.807) is 30.6 Å². The van der Waals surface area contributed by atoms with Crippen molar-refractivity contribution in [3.8, 4) is 0 Å². The summed E-state index contributed by atoms with van der Waals surface area (Å²) < 4.78 is 4.77. The number of anilines is 2. The lowest BCUT2D eigenvalue weighted by Crippen LogP contribution is -2.12. The molecule has 0 aliphatic rings. The highest BCUT2D eigenvalue weighted by atomic mass is 16.5. The van der Waals surface area contributed by atoms with E-state index < -0.39 is 5.97 Å². The molecule has 20 heavy (non-hydrogen) atoms. The van der Waals surface area contributed by atoms with Gasteiger partial charge in [0, 0.05) is 29.8 Å². The molecule has 104 valence electrons. The van der Waals surface area contributed by atoms with Gasteiger partial charge in [-0.25, -0.2) is 4.79 Å². The molecule has 1 aromatic heterocycles. The van der Waals surface area contributed by atoms with Gasteiger partial charge < -0.3 is 15.8 Å². The van der Waals surface area contributed by atoms with E-state index in [0.29, 0.717) is 16.9 Å². The number of pyridine rings is 1. The average Bonchev–Trinajstić information content (AvgIpc) is 2.49. The summed E-state index contributed by atoms with van der Waals surface area (Å²) in [5.74, 6) is -0.415. The first-order valence-electron chi connectivity index (χ1n) is 6.26. The molecule has 5 heteroatoms. The van der Waals surface area contributed by atoms with Crippen molar-refractivity contribution in [1.82, 2.24) is 4.98 Å². The van der Waals surface area contributed by atoms with Crippen LogP contribution in [0, 0.1) is 0 Å². The second kappa shape index (κ2) is 6.06. The highest BCUT2D eigenvalue weighted by molar-refractivity contribution is 5.96. The Morgan fingerprint density at radius 1 is 1.30 bits per heavy atom. The normalized spacial score (nSPS) is 11.7. The molecule has 0 aliphatic heterocycles. The fourth-order valence-corrected chi connectivity index (χ4v) is 1.94. The van der Waals surface area contributed by atoms with Gasteiger partial charge in [-0.1, -0.05) is 0 Å². The van der Waals surface area contributed by atoms with Gasteiger partial charge in [0.15, 0.2) is 0 Å². The fraction of sp³-hybridized carbons (Fsp3) is 0.200. The molecule has 0 fully saturated rings. The molecule has 1 aromatic carbocycles. The molecular formula is C15H17N3O2. The molecule has 3 N–H and O–H groups in total. The fourth-order valence-electron chi connectivity index (χ4n) is 1.94. The van der Waals surface area contributed by atoms with Crippen LogP contribution in [0.1, 0.15) is 28.9 Å². The minimum atomic E-state index is -0.415. The van der Waals surface area contributed by atoms with Gasteiger partial charge in [-0.3, -0.25) is 4.98 Å². The van der Waals surface area contributed by atoms with Crippen LogP contribution in [-0.4, -0.2) is 18.1 Å². The van der Waals surface area contributed by atoms with Gasteiger partial charge in [-0.2, -0.15) is 0 Å². The van der Waals surface area contributed by atoms with E-state index in [2.05, 4.69) is 10.3 Å². The zero-order valence-electron chi connectivity index (χ0n) is 11.5. The van der Waals surface area contributed by atoms with Gasteiger partial charge in [0.1, 0.15) is 0 Å². The summed E-state index contributed by atoms with van der Waals surface area (Å²) in [6.07, 6.45) is 3.47. The van der Waals surface area contributed by atoms with E-state index in [9.17, 15) is 4.79 Å². The summed E-state index contributed by atoms with van der Waals surface area (Å²) in [6.45, 7) is 2.01. The number of hydrogen-bond donors (Lipinski definition) is 2. The predicted octanol–water partition coefficient (Wildman–Crippen LogP) is 2.62. The molecule has 0 spiro atoms. The number of esters is 1. The first-order chi connectivity index (χ1) is 9.61. The van der Waals surface area contributed by atoms with Crippen LogP contribution in [0.3, 0.4) is 0 Å². The van der Waals surface area contributed by atoms with E-state index in [1.807, 2.05) is 19.1 Å². The molecule has 0 aliphatic carbocycles. The molecule has 0 amide bonds. The Kier molecular flexibility index (Phi) is 4.20. The van der Waals surface area contributed by atoms with Crippen molar-refractivity contribution in [3.05, 3.63) is 53.9 Å². The van der Waals surface area contributed by atoms with E-state index in [4.69, 9.17) is 10.5 Å². The largest absolute Gasteiger partial charge is 0.465 e. The molecule has 1 unspecified atom stereocenters. The monoisotopic (exact) mass is 271 g/mol. The Morgan fingerprint density at radius 2 is 2.00 bits per heavy atom. The SMILES string of the molecule is COC(=O)c1cc(N)ccc1NC(C)c1ccncc1. The molecule has 0 saturated carbocycles. The Bertz CT molecular complexity index is 599. The topological polar surface area (TPSA) is 77.2 Å². The van der Waals surface area contributed by atoms with Crippen LogP contribution in [0.25, 0.3) is 0 Å². The summed E-state index contributed by atoms with van der Waals surface area (Å²) in [5, 5.41) is 3.29. The number of hydrogen-bond acceptors (Lipinski definition) is 5. The number of carbonyl (C=O) groups is 1. The van der Waals surface area contributed by atoms with Crippen LogP contribution in [0.2, 0.25) is 0 Å². The molecule has 0 saturated heterocycles. The van der Waals surface area contributed by atoms with Crippen LogP contribution in [-0.2, 0) is 4.74 Å². The number of nitrogens with one attached hydrogen (secondary N) is 1. The number of aromatic nitrogens is 1. The van der Waals surface area contributed by atoms with Crippen molar-refractivity contribution in [3.63, 3.8) is 0 Å². The Morgan fingerprint density at radius 3 is 2.65 bits per heavy atom. The Labute approximate surface area is 117 Å². The lowest BCUT2D eigenvalue weighted by Gasteiger charge is -2.18. The molecule has 1 atom stereocenters. The Balaban J connectivity index is 2.27. The van der Waals surface area contributed by atoms with E-state index >= 15 is 0 Å². The third-order valence-electron chi connectivity index (χ3n) is 3.03. The zero-order chi connectivity index (χ0) is 14.5. The van der Waals surface area contributed by atoms with Gasteiger partial charge in [-0.15, -0.1) is 0 Å². The van der Waals surface area contributed by atoms with Crippen LogP contribution >= 0.6 is 0 Å². The summed E-state index contributed by atoms with van der Waals surface area (Å²) in [7, 11) is 1.35. The highest BCUT2D eigenvalue weighted by Gasteiger charge is 2.14. The smallest absolute Gasteiger partial charge is 0.340 e. The summed E-state index contributed by atoms with van der Waals surface area (Å²) >= 11 is 0. The molecule has 5 nitrogen and oxygen atoms in total. The third kappa shape index (κ3) is 3.06. The first-order valence-corrected chi connectivity index (χ1v) is 6.26. The minimum Gasteiger partial charge on any atom is -0.465 e. The molecule has 0 bridgehead atoms. The van der Waals surface area contributed by atoms with Crippen molar-refractivity contribution in [1.29, 1.82) is 0 Å². The highest BCUT2D eigenvalue weighted by Crippen LogP contribution is 2.24. The standard InChI is InChI=1S/C15H17N3O2/c1-10(11-5-7-17-8-6-11)18-14-4-3-12(16)9-13(14)15(19)20-2/h3-10,18H,16H2,1-2H3. The van der Waals surface area contributed by atoms with Gasteiger partial charge >= 0.3 is 5.97 Å². The molecule has 0 radical (unpaired) electrons. The first kappa shape index (κ1) is 13.9. The predicted molar refractivity (Wildman–Crippen MR) is 78.5 cm³/mol. The van der Waals surface area contributed by atoms with Crippen molar-refractivity contribution in [2.75, 3.05) is 18.2 Å². The second-order valence-electron chi connectivity index (χ2n) is 4.44. The number of nitrogen functional groups attached to an aromatic ring is 1. The van der Waals surface area contributed by atoms with E-state index in [0.717, 1.165) is 5.56 Å². The van der Waals surface area contributed by atoms with Crippen molar-refractivity contribution in [2.24, 2.45) is 0 Å². The second-order valence-corrected chi connectivity index (χ2v) is 4.44. The number of benzene rings is 1. The number of nitrogens with zero attached hydrogens (tertiary/aromatic N) is 1. The Hall–Kier alpha value is -2.56. The average molecular weight is 271 g/mol. The number of ether oxygens (including phenoxy) is 1. The lowest BCUT2D eigenvalue weighted by molar-refractivity contribution is 0.0602. The maximum atomic E-state index is 11.8. The van der Waals surface area contributed by atoms with E-state index in [-0.39, 0.29) is 6.04 Å². The quantitative estimate of drug-likeness (QED) is 0.660. The summed E-state index contributed by atoms with van der Waals surface area (Å²) in [6, 6.07) is 9.00. The maximum absolute atomic E-state index is 11.8. The maximum Gasteiger partial charge on any atom is 0.340 e. The zero-order valence-corrected chi connectivity index (χ0v) is 11.5. The van der Waals surface area contributed by atoms with Crippen LogP contribution < -0.4 is 11.1 Å². The van der Waals surface area contributed by atoms with Crippen molar-refractivity contribution < 1.29 is 9.53 Å². The number of carbonyl (C=O) groups excluding carboxylic acids is 1. The van der Waals surface area contributed by atoms with Crippen molar-refractivity contribution >= 4 is 17.3 Å². The molecule has 2 aromatic rings. The summed E-state index contributed by atoms with van der Waals surface area (Å²) in [4.78, 5) is 15.8. The van der Waals surface area contributed by atoms with Gasteiger partial charge in [-0.05, 0) is 42.8 Å². The number of rotatable bonds is 4.